The number of ether oxygens (including phenoxy) is 2. The van der Waals surface area contributed by atoms with Crippen LogP contribution in [0.2, 0.25) is 0 Å². The number of hydrogen-bond acceptors (Lipinski definition) is 5. The monoisotopic (exact) mass is 397 g/mol. The van der Waals surface area contributed by atoms with Crippen LogP contribution in [0.3, 0.4) is 0 Å². The van der Waals surface area contributed by atoms with E-state index < -0.39 is 11.7 Å². The van der Waals surface area contributed by atoms with Gasteiger partial charge in [-0.25, -0.2) is 9.37 Å². The highest BCUT2D eigenvalue weighted by atomic mass is 19.1. The lowest BCUT2D eigenvalue weighted by atomic mass is 10.2. The number of carbonyl (C=O) groups excluding carboxylic acids is 1. The van der Waals surface area contributed by atoms with Crippen LogP contribution < -0.4 is 20.3 Å². The first kappa shape index (κ1) is 20.1. The summed E-state index contributed by atoms with van der Waals surface area (Å²) in [5.41, 5.74) is 1.09. The second-order valence-corrected chi connectivity index (χ2v) is 6.27. The fraction of sp³-hybridized carbons (Fsp3) is 0.190. The summed E-state index contributed by atoms with van der Waals surface area (Å²) in [5, 5.41) is 2.72. The Bertz CT molecular complexity index is 1090. The maximum absolute atomic E-state index is 13.3. The highest BCUT2D eigenvalue weighted by Gasteiger charge is 2.15. The van der Waals surface area contributed by atoms with Crippen LogP contribution in [0.25, 0.3) is 11.4 Å². The Morgan fingerprint density at radius 1 is 1.10 bits per heavy atom. The van der Waals surface area contributed by atoms with Crippen LogP contribution >= 0.6 is 0 Å². The number of aryl methyl sites for hydroxylation is 1. The van der Waals surface area contributed by atoms with Gasteiger partial charge in [0.25, 0.3) is 5.56 Å². The standard InChI is InChI=1S/C21H20FN3O4/c1-13-10-20(27)25(21(23-13)14-4-6-15(22)7-5-14)12-19(26)24-17-9-8-16(28-2)11-18(17)29-3/h4-11H,12H2,1-3H3,(H,24,26). The molecule has 1 heterocycles. The van der Waals surface area contributed by atoms with E-state index in [4.69, 9.17) is 9.47 Å². The number of halogens is 1. The van der Waals surface area contributed by atoms with Gasteiger partial charge >= 0.3 is 0 Å². The summed E-state index contributed by atoms with van der Waals surface area (Å²) in [6.45, 7) is 1.41. The van der Waals surface area contributed by atoms with Crippen LogP contribution in [0.1, 0.15) is 5.69 Å². The quantitative estimate of drug-likeness (QED) is 0.691. The van der Waals surface area contributed by atoms with E-state index in [1.807, 2.05) is 0 Å². The minimum absolute atomic E-state index is 0.270. The second kappa shape index (κ2) is 8.55. The number of nitrogens with one attached hydrogen (secondary N) is 1. The summed E-state index contributed by atoms with van der Waals surface area (Å²) in [5.74, 6) is 0.444. The van der Waals surface area contributed by atoms with Gasteiger partial charge in [-0.1, -0.05) is 0 Å². The molecular weight excluding hydrogens is 377 g/mol. The maximum atomic E-state index is 13.3. The first-order chi connectivity index (χ1) is 13.9. The molecular formula is C21H20FN3O4. The molecule has 8 heteroatoms. The molecule has 0 saturated carbocycles. The van der Waals surface area contributed by atoms with Crippen LogP contribution in [0.15, 0.2) is 53.3 Å². The molecule has 0 bridgehead atoms. The van der Waals surface area contributed by atoms with Crippen LogP contribution in [-0.2, 0) is 11.3 Å². The molecule has 1 amide bonds. The molecule has 0 aliphatic rings. The first-order valence-electron chi connectivity index (χ1n) is 8.77. The van der Waals surface area contributed by atoms with Gasteiger partial charge in [0, 0.05) is 23.4 Å². The number of rotatable bonds is 6. The Morgan fingerprint density at radius 2 is 1.83 bits per heavy atom. The summed E-state index contributed by atoms with van der Waals surface area (Å²) < 4.78 is 24.9. The summed E-state index contributed by atoms with van der Waals surface area (Å²) in [6.07, 6.45) is 0. The third kappa shape index (κ3) is 4.60. The van der Waals surface area contributed by atoms with E-state index in [9.17, 15) is 14.0 Å². The number of amides is 1. The molecule has 0 atom stereocenters. The summed E-state index contributed by atoms with van der Waals surface area (Å²) in [7, 11) is 3.01. The molecule has 0 unspecified atom stereocenters. The smallest absolute Gasteiger partial charge is 0.254 e. The molecule has 29 heavy (non-hydrogen) atoms. The van der Waals surface area contributed by atoms with Crippen molar-refractivity contribution in [3.63, 3.8) is 0 Å². The zero-order chi connectivity index (χ0) is 21.0. The van der Waals surface area contributed by atoms with E-state index in [-0.39, 0.29) is 17.9 Å². The van der Waals surface area contributed by atoms with E-state index in [2.05, 4.69) is 10.3 Å². The number of nitrogens with zero attached hydrogens (tertiary/aromatic N) is 2. The lowest BCUT2D eigenvalue weighted by Gasteiger charge is -2.15. The molecule has 0 aliphatic heterocycles. The number of aromatic nitrogens is 2. The molecule has 3 rings (SSSR count). The van der Waals surface area contributed by atoms with Crippen LogP contribution in [0.5, 0.6) is 11.5 Å². The predicted octanol–water partition coefficient (Wildman–Crippen LogP) is 3.01. The van der Waals surface area contributed by atoms with Gasteiger partial charge in [0.1, 0.15) is 29.7 Å². The molecule has 1 aromatic heterocycles. The number of anilines is 1. The second-order valence-electron chi connectivity index (χ2n) is 6.27. The van der Waals surface area contributed by atoms with Crippen molar-refractivity contribution in [1.82, 2.24) is 9.55 Å². The van der Waals surface area contributed by atoms with E-state index in [1.54, 1.807) is 25.1 Å². The van der Waals surface area contributed by atoms with Crippen molar-refractivity contribution in [2.24, 2.45) is 0 Å². The van der Waals surface area contributed by atoms with Crippen LogP contribution in [0, 0.1) is 12.7 Å². The molecule has 3 aromatic rings. The van der Waals surface area contributed by atoms with Gasteiger partial charge in [-0.3, -0.25) is 14.2 Å². The average Bonchev–Trinajstić information content (AvgIpc) is 2.70. The van der Waals surface area contributed by atoms with Gasteiger partial charge in [-0.05, 0) is 43.3 Å². The van der Waals surface area contributed by atoms with Gasteiger partial charge < -0.3 is 14.8 Å². The van der Waals surface area contributed by atoms with Crippen LogP contribution in [0.4, 0.5) is 10.1 Å². The van der Waals surface area contributed by atoms with Gasteiger partial charge in [-0.15, -0.1) is 0 Å². The Balaban J connectivity index is 1.91. The van der Waals surface area contributed by atoms with Crippen molar-refractivity contribution < 1.29 is 18.7 Å². The van der Waals surface area contributed by atoms with Crippen molar-refractivity contribution in [1.29, 1.82) is 0 Å². The molecule has 0 radical (unpaired) electrons. The normalized spacial score (nSPS) is 10.5. The minimum Gasteiger partial charge on any atom is -0.497 e. The molecule has 0 saturated heterocycles. The fourth-order valence-corrected chi connectivity index (χ4v) is 2.83. The highest BCUT2D eigenvalue weighted by Crippen LogP contribution is 2.29. The topological polar surface area (TPSA) is 82.5 Å². The zero-order valence-electron chi connectivity index (χ0n) is 16.2. The van der Waals surface area contributed by atoms with Crippen molar-refractivity contribution in [2.75, 3.05) is 19.5 Å². The Labute approximate surface area is 166 Å². The first-order valence-corrected chi connectivity index (χ1v) is 8.77. The molecule has 150 valence electrons. The summed E-state index contributed by atoms with van der Waals surface area (Å²) >= 11 is 0. The molecule has 1 N–H and O–H groups in total. The SMILES string of the molecule is COc1ccc(NC(=O)Cn2c(-c3ccc(F)cc3)nc(C)cc2=O)c(OC)c1. The molecule has 0 spiro atoms. The Hall–Kier alpha value is -3.68. The van der Waals surface area contributed by atoms with Crippen molar-refractivity contribution in [2.45, 2.75) is 13.5 Å². The number of benzene rings is 2. The average molecular weight is 397 g/mol. The molecule has 0 aliphatic carbocycles. The van der Waals surface area contributed by atoms with Gasteiger partial charge in [0.05, 0.1) is 19.9 Å². The lowest BCUT2D eigenvalue weighted by Crippen LogP contribution is -2.29. The van der Waals surface area contributed by atoms with Gasteiger partial charge in [-0.2, -0.15) is 0 Å². The van der Waals surface area contributed by atoms with Crippen molar-refractivity contribution in [3.8, 4) is 22.9 Å². The van der Waals surface area contributed by atoms with Crippen molar-refractivity contribution >= 4 is 11.6 Å². The van der Waals surface area contributed by atoms with Crippen molar-refractivity contribution in [3.05, 3.63) is 70.4 Å². The lowest BCUT2D eigenvalue weighted by molar-refractivity contribution is -0.116. The maximum Gasteiger partial charge on any atom is 0.254 e. The summed E-state index contributed by atoms with van der Waals surface area (Å²) in [4.78, 5) is 29.5. The fourth-order valence-electron chi connectivity index (χ4n) is 2.83. The molecule has 7 nitrogen and oxygen atoms in total. The van der Waals surface area contributed by atoms with E-state index in [0.717, 1.165) is 0 Å². The third-order valence-electron chi connectivity index (χ3n) is 4.22. The van der Waals surface area contributed by atoms with Crippen LogP contribution in [-0.4, -0.2) is 29.7 Å². The van der Waals surface area contributed by atoms with E-state index >= 15 is 0 Å². The number of methoxy groups -OCH3 is 2. The zero-order valence-corrected chi connectivity index (χ0v) is 16.2. The summed E-state index contributed by atoms with van der Waals surface area (Å²) in [6, 6.07) is 11.9. The Kier molecular flexibility index (Phi) is 5.92. The minimum atomic E-state index is -0.440. The predicted molar refractivity (Wildman–Crippen MR) is 107 cm³/mol. The Morgan fingerprint density at radius 3 is 2.48 bits per heavy atom. The third-order valence-corrected chi connectivity index (χ3v) is 4.22. The molecule has 2 aromatic carbocycles. The number of carbonyl (C=O) groups is 1. The largest absolute Gasteiger partial charge is 0.497 e. The number of hydrogen-bond donors (Lipinski definition) is 1. The highest BCUT2D eigenvalue weighted by molar-refractivity contribution is 5.92. The van der Waals surface area contributed by atoms with Gasteiger partial charge in [0.2, 0.25) is 5.91 Å². The molecule has 0 fully saturated rings. The van der Waals surface area contributed by atoms with E-state index in [1.165, 1.54) is 49.1 Å². The van der Waals surface area contributed by atoms with Gasteiger partial charge in [0.15, 0.2) is 0 Å². The van der Waals surface area contributed by atoms with E-state index in [0.29, 0.717) is 28.4 Å².